The van der Waals surface area contributed by atoms with Crippen LogP contribution in [0.3, 0.4) is 0 Å². The van der Waals surface area contributed by atoms with E-state index in [4.69, 9.17) is 0 Å². The van der Waals surface area contributed by atoms with Crippen LogP contribution < -0.4 is 10.2 Å². The summed E-state index contributed by atoms with van der Waals surface area (Å²) in [7, 11) is 0. The average Bonchev–Trinajstić information content (AvgIpc) is 3.08. The van der Waals surface area contributed by atoms with Crippen molar-refractivity contribution in [1.29, 1.82) is 0 Å². The van der Waals surface area contributed by atoms with Gasteiger partial charge < -0.3 is 10.2 Å². The van der Waals surface area contributed by atoms with Crippen LogP contribution in [0, 0.1) is 11.7 Å². The third-order valence-electron chi connectivity index (χ3n) is 5.28. The Morgan fingerprint density at radius 3 is 2.67 bits per heavy atom. The summed E-state index contributed by atoms with van der Waals surface area (Å²) in [6.07, 6.45) is 1.16. The first-order valence-electron chi connectivity index (χ1n) is 9.41. The second-order valence-electron chi connectivity index (χ2n) is 7.08. The molecule has 1 aliphatic rings. The Bertz CT molecular complexity index is 837. The highest BCUT2D eigenvalue weighted by Crippen LogP contribution is 2.33. The summed E-state index contributed by atoms with van der Waals surface area (Å²) < 4.78 is 13.7. The summed E-state index contributed by atoms with van der Waals surface area (Å²) in [5, 5.41) is 2.77. The van der Waals surface area contributed by atoms with Crippen LogP contribution in [0.4, 0.5) is 10.1 Å². The van der Waals surface area contributed by atoms with E-state index in [0.717, 1.165) is 17.7 Å². The van der Waals surface area contributed by atoms with Crippen LogP contribution in [0.5, 0.6) is 0 Å². The zero-order valence-corrected chi connectivity index (χ0v) is 15.7. The molecule has 4 nitrogen and oxygen atoms in total. The minimum Gasteiger partial charge on any atom is -0.352 e. The Kier molecular flexibility index (Phi) is 5.89. The highest BCUT2D eigenvalue weighted by atomic mass is 19.1. The van der Waals surface area contributed by atoms with Crippen molar-refractivity contribution >= 4 is 17.5 Å². The molecule has 1 saturated heterocycles. The van der Waals surface area contributed by atoms with Gasteiger partial charge in [0, 0.05) is 30.8 Å². The SMILES string of the molecule is CC[C@@H](C)c1ccccc1N1C[C@@H](C(=O)NCc2ccccc2F)CC1=O. The predicted octanol–water partition coefficient (Wildman–Crippen LogP) is 4.01. The summed E-state index contributed by atoms with van der Waals surface area (Å²) in [4.78, 5) is 26.8. The molecule has 1 fully saturated rings. The van der Waals surface area contributed by atoms with Gasteiger partial charge in [0.25, 0.3) is 0 Å². The Labute approximate surface area is 159 Å². The third-order valence-corrected chi connectivity index (χ3v) is 5.28. The van der Waals surface area contributed by atoms with Gasteiger partial charge in [0.05, 0.1) is 5.92 Å². The Balaban J connectivity index is 1.69. The quantitative estimate of drug-likeness (QED) is 0.838. The molecule has 0 aromatic heterocycles. The first kappa shape index (κ1) is 19.1. The molecule has 0 radical (unpaired) electrons. The molecule has 142 valence electrons. The van der Waals surface area contributed by atoms with E-state index in [-0.39, 0.29) is 30.6 Å². The van der Waals surface area contributed by atoms with E-state index in [1.165, 1.54) is 6.07 Å². The molecule has 0 unspecified atom stereocenters. The van der Waals surface area contributed by atoms with Crippen molar-refractivity contribution in [2.45, 2.75) is 39.2 Å². The van der Waals surface area contributed by atoms with Crippen LogP contribution in [0.2, 0.25) is 0 Å². The number of hydrogen-bond donors (Lipinski definition) is 1. The number of rotatable bonds is 6. The molecule has 0 saturated carbocycles. The van der Waals surface area contributed by atoms with E-state index in [1.54, 1.807) is 23.1 Å². The van der Waals surface area contributed by atoms with Crippen molar-refractivity contribution in [3.8, 4) is 0 Å². The molecular formula is C22H25FN2O2. The molecule has 2 atom stereocenters. The van der Waals surface area contributed by atoms with Crippen molar-refractivity contribution in [3.05, 3.63) is 65.5 Å². The maximum Gasteiger partial charge on any atom is 0.227 e. The van der Waals surface area contributed by atoms with E-state index < -0.39 is 5.92 Å². The van der Waals surface area contributed by atoms with Crippen molar-refractivity contribution in [3.63, 3.8) is 0 Å². The summed E-state index contributed by atoms with van der Waals surface area (Å²) in [6, 6.07) is 14.2. The largest absolute Gasteiger partial charge is 0.352 e. The summed E-state index contributed by atoms with van der Waals surface area (Å²) in [6.45, 7) is 4.74. The molecule has 2 aromatic carbocycles. The van der Waals surface area contributed by atoms with Gasteiger partial charge in [0.15, 0.2) is 0 Å². The van der Waals surface area contributed by atoms with Crippen molar-refractivity contribution < 1.29 is 14.0 Å². The molecule has 5 heteroatoms. The number of nitrogens with one attached hydrogen (secondary N) is 1. The van der Waals surface area contributed by atoms with Crippen molar-refractivity contribution in [1.82, 2.24) is 5.32 Å². The number of anilines is 1. The summed E-state index contributed by atoms with van der Waals surface area (Å²) >= 11 is 0. The minimum absolute atomic E-state index is 0.0446. The number of carbonyl (C=O) groups excluding carboxylic acids is 2. The van der Waals surface area contributed by atoms with Crippen LogP contribution >= 0.6 is 0 Å². The second-order valence-corrected chi connectivity index (χ2v) is 7.08. The van der Waals surface area contributed by atoms with Gasteiger partial charge in [0.1, 0.15) is 5.82 Å². The fraction of sp³-hybridized carbons (Fsp3) is 0.364. The monoisotopic (exact) mass is 368 g/mol. The molecule has 2 amide bonds. The number of halogens is 1. The lowest BCUT2D eigenvalue weighted by atomic mass is 9.96. The number of benzene rings is 2. The summed E-state index contributed by atoms with van der Waals surface area (Å²) in [5.41, 5.74) is 2.45. The van der Waals surface area contributed by atoms with Crippen LogP contribution in [0.15, 0.2) is 48.5 Å². The van der Waals surface area contributed by atoms with Gasteiger partial charge in [-0.25, -0.2) is 4.39 Å². The maximum absolute atomic E-state index is 13.7. The lowest BCUT2D eigenvalue weighted by Crippen LogP contribution is -2.33. The Morgan fingerprint density at radius 2 is 1.93 bits per heavy atom. The third kappa shape index (κ3) is 4.18. The van der Waals surface area contributed by atoms with Gasteiger partial charge in [-0.3, -0.25) is 9.59 Å². The fourth-order valence-corrected chi connectivity index (χ4v) is 3.45. The standard InChI is InChI=1S/C22H25FN2O2/c1-3-15(2)18-9-5-7-11-20(18)25-14-17(12-21(25)26)22(27)24-13-16-8-4-6-10-19(16)23/h4-11,15,17H,3,12-14H2,1-2H3,(H,24,27)/t15-,17+/m1/s1. The maximum atomic E-state index is 13.7. The topological polar surface area (TPSA) is 49.4 Å². The molecule has 1 N–H and O–H groups in total. The van der Waals surface area contributed by atoms with Crippen LogP contribution in [0.25, 0.3) is 0 Å². The number of carbonyl (C=O) groups is 2. The predicted molar refractivity (Wildman–Crippen MR) is 104 cm³/mol. The van der Waals surface area contributed by atoms with E-state index >= 15 is 0 Å². The zero-order chi connectivity index (χ0) is 19.4. The number of para-hydroxylation sites is 1. The highest BCUT2D eigenvalue weighted by Gasteiger charge is 2.36. The second kappa shape index (κ2) is 8.33. The van der Waals surface area contributed by atoms with E-state index in [2.05, 4.69) is 19.2 Å². The molecule has 1 heterocycles. The van der Waals surface area contributed by atoms with E-state index in [0.29, 0.717) is 18.0 Å². The lowest BCUT2D eigenvalue weighted by Gasteiger charge is -2.23. The number of amides is 2. The number of nitrogens with zero attached hydrogens (tertiary/aromatic N) is 1. The van der Waals surface area contributed by atoms with Gasteiger partial charge in [-0.15, -0.1) is 0 Å². The fourth-order valence-electron chi connectivity index (χ4n) is 3.45. The lowest BCUT2D eigenvalue weighted by molar-refractivity contribution is -0.126. The minimum atomic E-state index is -0.422. The Morgan fingerprint density at radius 1 is 1.22 bits per heavy atom. The smallest absolute Gasteiger partial charge is 0.227 e. The molecule has 0 spiro atoms. The van der Waals surface area contributed by atoms with Gasteiger partial charge in [-0.1, -0.05) is 50.2 Å². The van der Waals surface area contributed by atoms with Crippen LogP contribution in [-0.4, -0.2) is 18.4 Å². The first-order valence-corrected chi connectivity index (χ1v) is 9.41. The van der Waals surface area contributed by atoms with Crippen LogP contribution in [0.1, 0.15) is 43.7 Å². The van der Waals surface area contributed by atoms with E-state index in [1.807, 2.05) is 24.3 Å². The first-order chi connectivity index (χ1) is 13.0. The summed E-state index contributed by atoms with van der Waals surface area (Å²) in [5.74, 6) is -0.687. The molecular weight excluding hydrogens is 343 g/mol. The van der Waals surface area contributed by atoms with Gasteiger partial charge >= 0.3 is 0 Å². The average molecular weight is 368 g/mol. The van der Waals surface area contributed by atoms with Crippen molar-refractivity contribution in [2.75, 3.05) is 11.4 Å². The molecule has 27 heavy (non-hydrogen) atoms. The zero-order valence-electron chi connectivity index (χ0n) is 15.7. The normalized spacial score (nSPS) is 17.8. The van der Waals surface area contributed by atoms with E-state index in [9.17, 15) is 14.0 Å². The van der Waals surface area contributed by atoms with Crippen LogP contribution in [-0.2, 0) is 16.1 Å². The Hall–Kier alpha value is -2.69. The highest BCUT2D eigenvalue weighted by molar-refractivity contribution is 6.00. The van der Waals surface area contributed by atoms with Crippen molar-refractivity contribution in [2.24, 2.45) is 5.92 Å². The molecule has 1 aliphatic heterocycles. The number of hydrogen-bond acceptors (Lipinski definition) is 2. The molecule has 2 aromatic rings. The molecule has 3 rings (SSSR count). The molecule has 0 bridgehead atoms. The van der Waals surface area contributed by atoms with Gasteiger partial charge in [-0.2, -0.15) is 0 Å². The van der Waals surface area contributed by atoms with Gasteiger partial charge in [0.2, 0.25) is 11.8 Å². The van der Waals surface area contributed by atoms with Gasteiger partial charge in [-0.05, 0) is 30.0 Å². The molecule has 0 aliphatic carbocycles.